The minimum Gasteiger partial charge on any atom is -0.317 e. The standard InChI is InChI=1S/C12H20N2S.ClH/c1-12(2,3)10-8-15-11(14-10)9-4-6-13-7-5-9;/h8-9,13H,4-7H2,1-3H3;1H. The number of rotatable bonds is 1. The van der Waals surface area contributed by atoms with Crippen molar-refractivity contribution in [3.63, 3.8) is 0 Å². The maximum absolute atomic E-state index is 4.80. The Kier molecular flexibility index (Phi) is 4.77. The molecule has 1 aliphatic heterocycles. The zero-order valence-corrected chi connectivity index (χ0v) is 11.9. The number of halogens is 1. The summed E-state index contributed by atoms with van der Waals surface area (Å²) in [5.74, 6) is 0.701. The zero-order valence-electron chi connectivity index (χ0n) is 10.2. The van der Waals surface area contributed by atoms with E-state index in [9.17, 15) is 0 Å². The maximum Gasteiger partial charge on any atom is 0.0960 e. The predicted octanol–water partition coefficient (Wildman–Crippen LogP) is 3.33. The average molecular weight is 261 g/mol. The molecular weight excluding hydrogens is 240 g/mol. The lowest BCUT2D eigenvalue weighted by molar-refractivity contribution is 0.456. The minimum atomic E-state index is 0. The molecule has 1 N–H and O–H groups in total. The molecule has 1 fully saturated rings. The summed E-state index contributed by atoms with van der Waals surface area (Å²) in [4.78, 5) is 4.80. The van der Waals surface area contributed by atoms with Crippen molar-refractivity contribution in [3.8, 4) is 0 Å². The van der Waals surface area contributed by atoms with Crippen molar-refractivity contribution in [1.29, 1.82) is 0 Å². The van der Waals surface area contributed by atoms with Gasteiger partial charge in [0, 0.05) is 16.7 Å². The Bertz CT molecular complexity index is 324. The van der Waals surface area contributed by atoms with Gasteiger partial charge in [0.25, 0.3) is 0 Å². The molecule has 2 rings (SSSR count). The summed E-state index contributed by atoms with van der Waals surface area (Å²) in [5.41, 5.74) is 1.45. The van der Waals surface area contributed by atoms with Crippen LogP contribution >= 0.6 is 23.7 Å². The van der Waals surface area contributed by atoms with Gasteiger partial charge >= 0.3 is 0 Å². The van der Waals surface area contributed by atoms with Gasteiger partial charge < -0.3 is 5.32 Å². The third-order valence-electron chi connectivity index (χ3n) is 2.98. The van der Waals surface area contributed by atoms with Gasteiger partial charge in [-0.15, -0.1) is 23.7 Å². The molecule has 0 bridgehead atoms. The molecule has 2 heterocycles. The predicted molar refractivity (Wildman–Crippen MR) is 72.9 cm³/mol. The van der Waals surface area contributed by atoms with Crippen LogP contribution in [-0.2, 0) is 5.41 Å². The highest BCUT2D eigenvalue weighted by Crippen LogP contribution is 2.31. The normalized spacial score (nSPS) is 18.2. The van der Waals surface area contributed by atoms with Crippen LogP contribution < -0.4 is 5.32 Å². The Labute approximate surface area is 108 Å². The van der Waals surface area contributed by atoms with Crippen LogP contribution in [0, 0.1) is 0 Å². The summed E-state index contributed by atoms with van der Waals surface area (Å²) in [5, 5.41) is 6.98. The Morgan fingerprint density at radius 2 is 1.94 bits per heavy atom. The first-order valence-corrected chi connectivity index (χ1v) is 6.62. The summed E-state index contributed by atoms with van der Waals surface area (Å²) in [6.45, 7) is 8.99. The highest BCUT2D eigenvalue weighted by atomic mass is 35.5. The highest BCUT2D eigenvalue weighted by Gasteiger charge is 2.22. The largest absolute Gasteiger partial charge is 0.317 e. The van der Waals surface area contributed by atoms with Crippen molar-refractivity contribution in [2.45, 2.75) is 44.9 Å². The zero-order chi connectivity index (χ0) is 10.9. The number of nitrogens with one attached hydrogen (secondary N) is 1. The molecule has 4 heteroatoms. The Morgan fingerprint density at radius 1 is 1.31 bits per heavy atom. The van der Waals surface area contributed by atoms with E-state index in [0.29, 0.717) is 5.92 Å². The van der Waals surface area contributed by atoms with Crippen molar-refractivity contribution in [1.82, 2.24) is 10.3 Å². The van der Waals surface area contributed by atoms with Crippen molar-refractivity contribution in [3.05, 3.63) is 16.1 Å². The summed E-state index contributed by atoms with van der Waals surface area (Å²) in [6, 6.07) is 0. The third kappa shape index (κ3) is 3.19. The quantitative estimate of drug-likeness (QED) is 0.838. The van der Waals surface area contributed by atoms with E-state index in [4.69, 9.17) is 4.98 Å². The second-order valence-electron chi connectivity index (χ2n) is 5.35. The van der Waals surface area contributed by atoms with Gasteiger partial charge in [0.15, 0.2) is 0 Å². The van der Waals surface area contributed by atoms with Crippen LogP contribution in [0.25, 0.3) is 0 Å². The van der Waals surface area contributed by atoms with Gasteiger partial charge in [-0.1, -0.05) is 20.8 Å². The van der Waals surface area contributed by atoms with E-state index in [1.54, 1.807) is 0 Å². The lowest BCUT2D eigenvalue weighted by Gasteiger charge is -2.20. The molecule has 16 heavy (non-hydrogen) atoms. The average Bonchev–Trinajstić information content (AvgIpc) is 2.67. The summed E-state index contributed by atoms with van der Waals surface area (Å²) < 4.78 is 0. The van der Waals surface area contributed by atoms with E-state index in [1.807, 2.05) is 11.3 Å². The summed E-state index contributed by atoms with van der Waals surface area (Å²) in [7, 11) is 0. The van der Waals surface area contributed by atoms with Crippen LogP contribution in [0.4, 0.5) is 0 Å². The molecule has 0 spiro atoms. The Balaban J connectivity index is 0.00000128. The molecule has 0 unspecified atom stereocenters. The number of piperidine rings is 1. The van der Waals surface area contributed by atoms with E-state index in [-0.39, 0.29) is 17.8 Å². The van der Waals surface area contributed by atoms with Crippen molar-refractivity contribution >= 4 is 23.7 Å². The number of nitrogens with zero attached hydrogens (tertiary/aromatic N) is 1. The van der Waals surface area contributed by atoms with Gasteiger partial charge in [0.05, 0.1) is 10.7 Å². The van der Waals surface area contributed by atoms with Gasteiger partial charge in [-0.05, 0) is 25.9 Å². The molecule has 0 amide bonds. The first kappa shape index (κ1) is 13.9. The van der Waals surface area contributed by atoms with Gasteiger partial charge in [0.1, 0.15) is 0 Å². The Hall–Kier alpha value is -0.120. The molecule has 1 aliphatic rings. The molecule has 0 radical (unpaired) electrons. The lowest BCUT2D eigenvalue weighted by Crippen LogP contribution is -2.26. The first-order valence-electron chi connectivity index (χ1n) is 5.74. The van der Waals surface area contributed by atoms with Crippen molar-refractivity contribution in [2.24, 2.45) is 0 Å². The number of hydrogen-bond donors (Lipinski definition) is 1. The number of aromatic nitrogens is 1. The monoisotopic (exact) mass is 260 g/mol. The van der Waals surface area contributed by atoms with Crippen LogP contribution in [0.2, 0.25) is 0 Å². The van der Waals surface area contributed by atoms with Crippen LogP contribution in [0.3, 0.4) is 0 Å². The van der Waals surface area contributed by atoms with Gasteiger partial charge in [0.2, 0.25) is 0 Å². The fraction of sp³-hybridized carbons (Fsp3) is 0.750. The third-order valence-corrected chi connectivity index (χ3v) is 3.99. The minimum absolute atomic E-state index is 0. The Morgan fingerprint density at radius 3 is 2.44 bits per heavy atom. The second kappa shape index (κ2) is 5.48. The number of thiazole rings is 1. The molecule has 2 nitrogen and oxygen atoms in total. The van der Waals surface area contributed by atoms with Crippen LogP contribution in [-0.4, -0.2) is 18.1 Å². The number of hydrogen-bond acceptors (Lipinski definition) is 3. The molecule has 92 valence electrons. The van der Waals surface area contributed by atoms with Crippen molar-refractivity contribution < 1.29 is 0 Å². The van der Waals surface area contributed by atoms with E-state index in [2.05, 4.69) is 31.5 Å². The van der Waals surface area contributed by atoms with E-state index >= 15 is 0 Å². The summed E-state index contributed by atoms with van der Waals surface area (Å²) >= 11 is 1.84. The van der Waals surface area contributed by atoms with Crippen LogP contribution in [0.5, 0.6) is 0 Å². The van der Waals surface area contributed by atoms with Crippen LogP contribution in [0.15, 0.2) is 5.38 Å². The topological polar surface area (TPSA) is 24.9 Å². The molecule has 0 aromatic carbocycles. The second-order valence-corrected chi connectivity index (χ2v) is 6.23. The molecule has 0 saturated carbocycles. The fourth-order valence-corrected chi connectivity index (χ4v) is 3.11. The molecule has 1 saturated heterocycles. The first-order chi connectivity index (χ1) is 7.07. The van der Waals surface area contributed by atoms with Gasteiger partial charge in [-0.25, -0.2) is 4.98 Å². The highest BCUT2D eigenvalue weighted by molar-refractivity contribution is 7.09. The van der Waals surface area contributed by atoms with Crippen LogP contribution in [0.1, 0.15) is 50.2 Å². The van der Waals surface area contributed by atoms with Gasteiger partial charge in [-0.2, -0.15) is 0 Å². The molecule has 1 aromatic rings. The molecule has 0 atom stereocenters. The molecular formula is C12H21ClN2S. The van der Waals surface area contributed by atoms with E-state index < -0.39 is 0 Å². The lowest BCUT2D eigenvalue weighted by atomic mass is 9.93. The SMILES string of the molecule is CC(C)(C)c1csc(C2CCNCC2)n1.Cl. The van der Waals surface area contributed by atoms with Gasteiger partial charge in [-0.3, -0.25) is 0 Å². The smallest absolute Gasteiger partial charge is 0.0960 e. The maximum atomic E-state index is 4.80. The fourth-order valence-electron chi connectivity index (χ4n) is 1.89. The van der Waals surface area contributed by atoms with Crippen molar-refractivity contribution in [2.75, 3.05) is 13.1 Å². The molecule has 1 aromatic heterocycles. The van der Waals surface area contributed by atoms with E-state index in [0.717, 1.165) is 13.1 Å². The summed E-state index contributed by atoms with van der Waals surface area (Å²) in [6.07, 6.45) is 2.49. The molecule has 0 aliphatic carbocycles. The van der Waals surface area contributed by atoms with E-state index in [1.165, 1.54) is 23.5 Å².